The first kappa shape index (κ1) is 23.7. The number of hydrogen-bond acceptors (Lipinski definition) is 3. The Labute approximate surface area is 186 Å². The summed E-state index contributed by atoms with van der Waals surface area (Å²) in [7, 11) is 0. The van der Waals surface area contributed by atoms with Crippen molar-refractivity contribution in [2.75, 3.05) is 0 Å². The lowest BCUT2D eigenvalue weighted by Crippen LogP contribution is -2.16. The number of rotatable bonds is 8. The van der Waals surface area contributed by atoms with E-state index in [-0.39, 0.29) is 0 Å². The highest BCUT2D eigenvalue weighted by molar-refractivity contribution is 7.99. The van der Waals surface area contributed by atoms with Crippen LogP contribution in [0.4, 0.5) is 0 Å². The lowest BCUT2D eigenvalue weighted by molar-refractivity contribution is -0.145. The largest absolute Gasteiger partial charge is 0.481 e. The number of benzene rings is 3. The van der Waals surface area contributed by atoms with Crippen LogP contribution in [-0.4, -0.2) is 22.2 Å². The average Bonchev–Trinajstić information content (AvgIpc) is 2.79. The second kappa shape index (κ2) is 12.2. The van der Waals surface area contributed by atoms with Gasteiger partial charge in [-0.1, -0.05) is 97.7 Å². The SMILES string of the molecule is C=CC=C.O=C(O)CC(C(=O)O)c1ccccc1Sc1ccc(-c2ccccc2)cc1. The van der Waals surface area contributed by atoms with Crippen LogP contribution in [0.15, 0.2) is 114 Å². The fourth-order valence-corrected chi connectivity index (χ4v) is 3.84. The maximum absolute atomic E-state index is 11.6. The number of carboxylic acids is 2. The van der Waals surface area contributed by atoms with Gasteiger partial charge in [-0.25, -0.2) is 0 Å². The molecule has 0 bridgehead atoms. The topological polar surface area (TPSA) is 74.6 Å². The molecule has 0 spiro atoms. The molecular formula is C26H24O4S. The van der Waals surface area contributed by atoms with Crippen LogP contribution in [0.25, 0.3) is 11.1 Å². The summed E-state index contributed by atoms with van der Waals surface area (Å²) >= 11 is 1.43. The van der Waals surface area contributed by atoms with E-state index in [9.17, 15) is 14.7 Å². The van der Waals surface area contributed by atoms with Crippen LogP contribution in [0, 0.1) is 0 Å². The van der Waals surface area contributed by atoms with E-state index in [1.54, 1.807) is 24.3 Å². The van der Waals surface area contributed by atoms with Crippen molar-refractivity contribution in [2.24, 2.45) is 0 Å². The molecule has 0 aliphatic heterocycles. The highest BCUT2D eigenvalue weighted by atomic mass is 32.2. The van der Waals surface area contributed by atoms with Crippen LogP contribution in [0.2, 0.25) is 0 Å². The van der Waals surface area contributed by atoms with Crippen LogP contribution < -0.4 is 0 Å². The molecule has 3 rings (SSSR count). The quantitative estimate of drug-likeness (QED) is 0.397. The van der Waals surface area contributed by atoms with Gasteiger partial charge in [0.25, 0.3) is 0 Å². The highest BCUT2D eigenvalue weighted by Gasteiger charge is 2.25. The van der Waals surface area contributed by atoms with Gasteiger partial charge in [-0.2, -0.15) is 0 Å². The molecule has 3 aromatic carbocycles. The van der Waals surface area contributed by atoms with Crippen LogP contribution in [0.5, 0.6) is 0 Å². The van der Waals surface area contributed by atoms with Crippen molar-refractivity contribution in [2.45, 2.75) is 22.1 Å². The van der Waals surface area contributed by atoms with E-state index in [1.807, 2.05) is 66.7 Å². The molecule has 5 heteroatoms. The van der Waals surface area contributed by atoms with Gasteiger partial charge in [0.2, 0.25) is 0 Å². The molecule has 0 aliphatic carbocycles. The summed E-state index contributed by atoms with van der Waals surface area (Å²) in [6.07, 6.45) is 2.83. The second-order valence-electron chi connectivity index (χ2n) is 6.49. The molecular weight excluding hydrogens is 408 g/mol. The fraction of sp³-hybridized carbons (Fsp3) is 0.0769. The molecule has 3 aromatic rings. The first-order chi connectivity index (χ1) is 15.0. The molecule has 0 fully saturated rings. The molecule has 0 radical (unpaired) electrons. The average molecular weight is 433 g/mol. The number of allylic oxidation sites excluding steroid dienone is 2. The monoisotopic (exact) mass is 432 g/mol. The van der Waals surface area contributed by atoms with Crippen molar-refractivity contribution >= 4 is 23.7 Å². The summed E-state index contributed by atoms with van der Waals surface area (Å²) in [6.45, 7) is 6.72. The van der Waals surface area contributed by atoms with Crippen molar-refractivity contribution < 1.29 is 19.8 Å². The van der Waals surface area contributed by atoms with Crippen LogP contribution in [0.1, 0.15) is 17.9 Å². The summed E-state index contributed by atoms with van der Waals surface area (Å²) < 4.78 is 0. The van der Waals surface area contributed by atoms with Gasteiger partial charge in [-0.05, 0) is 34.9 Å². The van der Waals surface area contributed by atoms with E-state index in [4.69, 9.17) is 5.11 Å². The minimum Gasteiger partial charge on any atom is -0.481 e. The standard InChI is InChI=1S/C22H18O4S.C4H6/c23-21(24)14-19(22(25)26)18-8-4-5-9-20(18)27-17-12-10-16(11-13-17)15-6-2-1-3-7-15;1-3-4-2/h1-13,19H,14H2,(H,23,24)(H,25,26);3-4H,1-2H2. The van der Waals surface area contributed by atoms with Gasteiger partial charge in [0.05, 0.1) is 12.3 Å². The van der Waals surface area contributed by atoms with Gasteiger partial charge in [0, 0.05) is 9.79 Å². The van der Waals surface area contributed by atoms with Gasteiger partial charge in [0.1, 0.15) is 0 Å². The third-order valence-corrected chi connectivity index (χ3v) is 5.43. The van der Waals surface area contributed by atoms with E-state index >= 15 is 0 Å². The number of carbonyl (C=O) groups is 2. The van der Waals surface area contributed by atoms with Crippen molar-refractivity contribution in [3.8, 4) is 11.1 Å². The van der Waals surface area contributed by atoms with Crippen LogP contribution in [0.3, 0.4) is 0 Å². The first-order valence-corrected chi connectivity index (χ1v) is 10.4. The minimum absolute atomic E-state index is 0.445. The van der Waals surface area contributed by atoms with E-state index in [1.165, 1.54) is 11.8 Å². The predicted molar refractivity (Wildman–Crippen MR) is 125 cm³/mol. The summed E-state index contributed by atoms with van der Waals surface area (Å²) in [5, 5.41) is 18.5. The summed E-state index contributed by atoms with van der Waals surface area (Å²) in [5.41, 5.74) is 2.74. The Morgan fingerprint density at radius 1 is 0.806 bits per heavy atom. The van der Waals surface area contributed by atoms with E-state index < -0.39 is 24.3 Å². The lowest BCUT2D eigenvalue weighted by Gasteiger charge is -2.15. The van der Waals surface area contributed by atoms with E-state index in [2.05, 4.69) is 13.2 Å². The van der Waals surface area contributed by atoms with Gasteiger partial charge in [-0.3, -0.25) is 9.59 Å². The van der Waals surface area contributed by atoms with Gasteiger partial charge in [-0.15, -0.1) is 0 Å². The Bertz CT molecular complexity index is 1020. The fourth-order valence-electron chi connectivity index (χ4n) is 2.84. The van der Waals surface area contributed by atoms with Crippen molar-refractivity contribution in [1.82, 2.24) is 0 Å². The Morgan fingerprint density at radius 2 is 1.35 bits per heavy atom. The summed E-state index contributed by atoms with van der Waals surface area (Å²) in [5.74, 6) is -3.34. The van der Waals surface area contributed by atoms with Crippen LogP contribution in [-0.2, 0) is 9.59 Å². The number of hydrogen-bond donors (Lipinski definition) is 2. The molecule has 1 atom stereocenters. The zero-order valence-electron chi connectivity index (χ0n) is 17.0. The Morgan fingerprint density at radius 3 is 1.90 bits per heavy atom. The van der Waals surface area contributed by atoms with Crippen molar-refractivity contribution in [3.05, 3.63) is 110 Å². The van der Waals surface area contributed by atoms with Crippen molar-refractivity contribution in [3.63, 3.8) is 0 Å². The first-order valence-electron chi connectivity index (χ1n) is 9.56. The molecule has 1 unspecified atom stereocenters. The smallest absolute Gasteiger partial charge is 0.311 e. The molecule has 4 nitrogen and oxygen atoms in total. The third kappa shape index (κ3) is 7.32. The molecule has 0 saturated carbocycles. The van der Waals surface area contributed by atoms with E-state index in [0.29, 0.717) is 5.56 Å². The molecule has 0 amide bonds. The van der Waals surface area contributed by atoms with Crippen molar-refractivity contribution in [1.29, 1.82) is 0 Å². The Kier molecular flexibility index (Phi) is 9.33. The van der Waals surface area contributed by atoms with Gasteiger partial charge < -0.3 is 10.2 Å². The zero-order chi connectivity index (χ0) is 22.6. The lowest BCUT2D eigenvalue weighted by atomic mass is 9.96. The maximum Gasteiger partial charge on any atom is 0.311 e. The third-order valence-electron chi connectivity index (χ3n) is 4.33. The summed E-state index contributed by atoms with van der Waals surface area (Å²) in [4.78, 5) is 24.3. The molecule has 0 aliphatic rings. The Hall–Kier alpha value is -3.57. The van der Waals surface area contributed by atoms with Gasteiger partial charge >= 0.3 is 11.9 Å². The van der Waals surface area contributed by atoms with E-state index in [0.717, 1.165) is 20.9 Å². The van der Waals surface area contributed by atoms with Crippen LogP contribution >= 0.6 is 11.8 Å². The number of carboxylic acid groups (broad SMARTS) is 2. The predicted octanol–water partition coefficient (Wildman–Crippen LogP) is 6.51. The number of aliphatic carboxylic acids is 2. The molecule has 0 aromatic heterocycles. The summed E-state index contributed by atoms with van der Waals surface area (Å²) in [6, 6.07) is 25.1. The molecule has 2 N–H and O–H groups in total. The molecule has 0 saturated heterocycles. The zero-order valence-corrected chi connectivity index (χ0v) is 17.8. The second-order valence-corrected chi connectivity index (χ2v) is 7.61. The molecule has 158 valence electrons. The minimum atomic E-state index is -1.13. The molecule has 0 heterocycles. The van der Waals surface area contributed by atoms with Gasteiger partial charge in [0.15, 0.2) is 0 Å². The normalized spacial score (nSPS) is 10.8. The maximum atomic E-state index is 11.6. The Balaban J connectivity index is 0.000000785. The highest BCUT2D eigenvalue weighted by Crippen LogP contribution is 2.36. The molecule has 31 heavy (non-hydrogen) atoms.